The molecular weight excluding hydrogens is 248 g/mol. The molecule has 1 aromatic heterocycles. The highest BCUT2D eigenvalue weighted by atomic mass is 16.1. The van der Waals surface area contributed by atoms with Crippen molar-refractivity contribution in [1.82, 2.24) is 4.68 Å². The van der Waals surface area contributed by atoms with Gasteiger partial charge in [0.05, 0.1) is 5.52 Å². The average molecular weight is 270 g/mol. The lowest BCUT2D eigenvalue weighted by Crippen LogP contribution is -2.32. The maximum absolute atomic E-state index is 12.5. The monoisotopic (exact) mass is 270 g/mol. The highest BCUT2D eigenvalue weighted by molar-refractivity contribution is 5.79. The third kappa shape index (κ3) is 2.21. The molecule has 0 bridgehead atoms. The first-order chi connectivity index (χ1) is 9.68. The molecule has 0 saturated heterocycles. The number of fused-ring (bicyclic) bond motifs is 1. The van der Waals surface area contributed by atoms with Crippen LogP contribution in [0.5, 0.6) is 0 Å². The van der Waals surface area contributed by atoms with E-state index >= 15 is 0 Å². The maximum Gasteiger partial charge on any atom is 0.272 e. The molecule has 1 fully saturated rings. The zero-order valence-corrected chi connectivity index (χ0v) is 12.0. The number of hydrogen-bond acceptors (Lipinski definition) is 2. The van der Waals surface area contributed by atoms with Crippen molar-refractivity contribution in [2.45, 2.75) is 44.9 Å². The zero-order valence-electron chi connectivity index (χ0n) is 12.0. The van der Waals surface area contributed by atoms with Crippen molar-refractivity contribution in [3.05, 3.63) is 46.2 Å². The van der Waals surface area contributed by atoms with Crippen LogP contribution in [0.4, 0.5) is 0 Å². The fraction of sp³-hybridized carbons (Fsp3) is 0.471. The van der Waals surface area contributed by atoms with E-state index in [1.807, 2.05) is 30.3 Å². The van der Waals surface area contributed by atoms with Crippen LogP contribution in [0.25, 0.3) is 10.9 Å². The van der Waals surface area contributed by atoms with E-state index < -0.39 is 0 Å². The Labute approximate surface area is 119 Å². The minimum atomic E-state index is -0.0400. The molecule has 3 nitrogen and oxygen atoms in total. The van der Waals surface area contributed by atoms with Crippen LogP contribution >= 0.6 is 0 Å². The Hall–Kier alpha value is -1.77. The molecule has 0 spiro atoms. The summed E-state index contributed by atoms with van der Waals surface area (Å²) in [6.07, 6.45) is 6.39. The Morgan fingerprint density at radius 1 is 1.20 bits per heavy atom. The second-order valence-electron chi connectivity index (χ2n) is 6.02. The topological polar surface area (TPSA) is 48.0 Å². The number of nitrogens with zero attached hydrogens (tertiary/aromatic N) is 1. The number of benzene rings is 1. The van der Waals surface area contributed by atoms with Crippen LogP contribution in [0.3, 0.4) is 0 Å². The third-order valence-electron chi connectivity index (χ3n) is 4.82. The minimum Gasteiger partial charge on any atom is -0.336 e. The molecule has 3 rings (SSSR count). The van der Waals surface area contributed by atoms with Crippen LogP contribution in [-0.2, 0) is 0 Å². The van der Waals surface area contributed by atoms with E-state index in [-0.39, 0.29) is 5.56 Å². The number of nitrogens with two attached hydrogens (primary N) is 1. The quantitative estimate of drug-likeness (QED) is 0.850. The van der Waals surface area contributed by atoms with Crippen LogP contribution in [0.15, 0.2) is 35.1 Å². The molecule has 0 aliphatic heterocycles. The van der Waals surface area contributed by atoms with Crippen LogP contribution < -0.4 is 11.4 Å². The lowest BCUT2D eigenvalue weighted by molar-refractivity contribution is 0.315. The van der Waals surface area contributed by atoms with E-state index in [0.29, 0.717) is 11.8 Å². The van der Waals surface area contributed by atoms with Gasteiger partial charge in [-0.2, -0.15) is 0 Å². The van der Waals surface area contributed by atoms with Gasteiger partial charge in [0.15, 0.2) is 0 Å². The average Bonchev–Trinajstić information content (AvgIpc) is 2.51. The summed E-state index contributed by atoms with van der Waals surface area (Å²) in [5, 5.41) is 1.05. The van der Waals surface area contributed by atoms with E-state index in [4.69, 9.17) is 5.84 Å². The smallest absolute Gasteiger partial charge is 0.272 e. The first-order valence-electron chi connectivity index (χ1n) is 7.58. The molecule has 1 saturated carbocycles. The van der Waals surface area contributed by atoms with Crippen LogP contribution in [0, 0.1) is 5.92 Å². The molecule has 1 aliphatic carbocycles. The second-order valence-corrected chi connectivity index (χ2v) is 6.02. The Morgan fingerprint density at radius 3 is 2.65 bits per heavy atom. The Morgan fingerprint density at radius 2 is 1.90 bits per heavy atom. The van der Waals surface area contributed by atoms with E-state index in [2.05, 4.69) is 6.92 Å². The molecule has 1 aromatic carbocycles. The van der Waals surface area contributed by atoms with Gasteiger partial charge in [0.1, 0.15) is 0 Å². The summed E-state index contributed by atoms with van der Waals surface area (Å²) in [4.78, 5) is 12.5. The Kier molecular flexibility index (Phi) is 3.51. The molecule has 1 unspecified atom stereocenters. The van der Waals surface area contributed by atoms with Crippen molar-refractivity contribution in [3.8, 4) is 0 Å². The minimum absolute atomic E-state index is 0.0400. The van der Waals surface area contributed by atoms with Crippen LogP contribution in [0.2, 0.25) is 0 Å². The molecule has 0 radical (unpaired) electrons. The van der Waals surface area contributed by atoms with Gasteiger partial charge in [0.2, 0.25) is 0 Å². The predicted octanol–water partition coefficient (Wildman–Crippen LogP) is 3.40. The SMILES string of the molecule is CC(c1cc2ccccc2n(N)c1=O)C1CCCCC1. The maximum atomic E-state index is 12.5. The standard InChI is InChI=1S/C17H22N2O/c1-12(13-7-3-2-4-8-13)15-11-14-9-5-6-10-16(14)19(18)17(15)20/h5-6,9-13H,2-4,7-8,18H2,1H3. The summed E-state index contributed by atoms with van der Waals surface area (Å²) in [6, 6.07) is 9.86. The van der Waals surface area contributed by atoms with E-state index in [1.165, 1.54) is 36.8 Å². The van der Waals surface area contributed by atoms with Gasteiger partial charge >= 0.3 is 0 Å². The predicted molar refractivity (Wildman–Crippen MR) is 83.3 cm³/mol. The fourth-order valence-electron chi connectivity index (χ4n) is 3.52. The van der Waals surface area contributed by atoms with E-state index in [9.17, 15) is 4.79 Å². The molecule has 1 heterocycles. The summed E-state index contributed by atoms with van der Waals surface area (Å²) in [5.74, 6) is 6.91. The fourth-order valence-corrected chi connectivity index (χ4v) is 3.52. The molecule has 106 valence electrons. The normalized spacial score (nSPS) is 18.2. The summed E-state index contributed by atoms with van der Waals surface area (Å²) in [5.41, 5.74) is 1.64. The van der Waals surface area contributed by atoms with E-state index in [1.54, 1.807) is 0 Å². The molecule has 1 atom stereocenters. The lowest BCUT2D eigenvalue weighted by Gasteiger charge is -2.27. The zero-order chi connectivity index (χ0) is 14.1. The van der Waals surface area contributed by atoms with Crippen molar-refractivity contribution in [1.29, 1.82) is 0 Å². The highest BCUT2D eigenvalue weighted by Crippen LogP contribution is 2.35. The molecule has 3 heteroatoms. The van der Waals surface area contributed by atoms with Gasteiger partial charge in [-0.15, -0.1) is 0 Å². The number of hydrogen-bond donors (Lipinski definition) is 1. The van der Waals surface area contributed by atoms with Crippen molar-refractivity contribution in [3.63, 3.8) is 0 Å². The van der Waals surface area contributed by atoms with Crippen molar-refractivity contribution in [2.24, 2.45) is 5.92 Å². The molecule has 1 aliphatic rings. The Balaban J connectivity index is 2.06. The van der Waals surface area contributed by atoms with Gasteiger partial charge in [-0.25, -0.2) is 4.68 Å². The number of pyridine rings is 1. The molecule has 2 N–H and O–H groups in total. The van der Waals surface area contributed by atoms with Gasteiger partial charge in [-0.05, 0) is 36.8 Å². The van der Waals surface area contributed by atoms with Crippen molar-refractivity contribution >= 4 is 10.9 Å². The summed E-state index contributed by atoms with van der Waals surface area (Å²) >= 11 is 0. The second kappa shape index (κ2) is 5.31. The van der Waals surface area contributed by atoms with Crippen LogP contribution in [0.1, 0.15) is 50.5 Å². The number of rotatable bonds is 2. The van der Waals surface area contributed by atoms with Crippen LogP contribution in [-0.4, -0.2) is 4.68 Å². The molecule has 20 heavy (non-hydrogen) atoms. The number of nitrogen functional groups attached to an aromatic ring is 1. The van der Waals surface area contributed by atoms with Gasteiger partial charge in [-0.1, -0.05) is 44.4 Å². The molecular formula is C17H22N2O. The van der Waals surface area contributed by atoms with Gasteiger partial charge in [0.25, 0.3) is 5.56 Å². The van der Waals surface area contributed by atoms with Crippen molar-refractivity contribution in [2.75, 3.05) is 5.84 Å². The summed E-state index contributed by atoms with van der Waals surface area (Å²) < 4.78 is 1.31. The first kappa shape index (κ1) is 13.2. The molecule has 2 aromatic rings. The van der Waals surface area contributed by atoms with Crippen molar-refractivity contribution < 1.29 is 0 Å². The lowest BCUT2D eigenvalue weighted by atomic mass is 9.78. The number of aromatic nitrogens is 1. The van der Waals surface area contributed by atoms with E-state index in [0.717, 1.165) is 16.5 Å². The third-order valence-corrected chi connectivity index (χ3v) is 4.82. The largest absolute Gasteiger partial charge is 0.336 e. The highest BCUT2D eigenvalue weighted by Gasteiger charge is 2.24. The summed E-state index contributed by atoms with van der Waals surface area (Å²) in [6.45, 7) is 2.18. The van der Waals surface area contributed by atoms with Gasteiger partial charge < -0.3 is 5.84 Å². The first-order valence-corrected chi connectivity index (χ1v) is 7.58. The Bertz CT molecular complexity index is 668. The summed E-state index contributed by atoms with van der Waals surface area (Å²) in [7, 11) is 0. The number of para-hydroxylation sites is 1. The molecule has 0 amide bonds. The van der Waals surface area contributed by atoms with Gasteiger partial charge in [-0.3, -0.25) is 4.79 Å². The van der Waals surface area contributed by atoms with Gasteiger partial charge in [0, 0.05) is 10.9 Å².